The summed E-state index contributed by atoms with van der Waals surface area (Å²) in [5, 5.41) is 5.83. The van der Waals surface area contributed by atoms with Crippen LogP contribution in [-0.2, 0) is 9.59 Å². The first-order valence-electron chi connectivity index (χ1n) is 7.33. The summed E-state index contributed by atoms with van der Waals surface area (Å²) in [6, 6.07) is 0. The van der Waals surface area contributed by atoms with E-state index >= 15 is 0 Å². The highest BCUT2D eigenvalue weighted by atomic mass is 16.2. The van der Waals surface area contributed by atoms with Crippen LogP contribution >= 0.6 is 0 Å². The standard InChI is InChI=1S/C14H24N2O2/c17-13(11-5-1-2-6-11)15-9-10-16-14(18)12-7-3-4-8-12/h11-12H,1-10H2,(H,15,17)(H,16,18). The van der Waals surface area contributed by atoms with E-state index in [4.69, 9.17) is 0 Å². The summed E-state index contributed by atoms with van der Waals surface area (Å²) in [4.78, 5) is 23.4. The number of hydrogen-bond acceptors (Lipinski definition) is 2. The Morgan fingerprint density at radius 1 is 0.722 bits per heavy atom. The Hall–Kier alpha value is -1.06. The molecular formula is C14H24N2O2. The van der Waals surface area contributed by atoms with Crippen LogP contribution in [0.25, 0.3) is 0 Å². The van der Waals surface area contributed by atoms with E-state index in [2.05, 4.69) is 10.6 Å². The third kappa shape index (κ3) is 3.72. The molecule has 0 spiro atoms. The second-order valence-electron chi connectivity index (χ2n) is 5.54. The van der Waals surface area contributed by atoms with Gasteiger partial charge < -0.3 is 10.6 Å². The topological polar surface area (TPSA) is 58.2 Å². The van der Waals surface area contributed by atoms with Gasteiger partial charge in [0, 0.05) is 24.9 Å². The predicted octanol–water partition coefficient (Wildman–Crippen LogP) is 1.60. The van der Waals surface area contributed by atoms with Gasteiger partial charge in [-0.15, -0.1) is 0 Å². The molecule has 2 N–H and O–H groups in total. The highest BCUT2D eigenvalue weighted by molar-refractivity contribution is 5.80. The first-order chi connectivity index (χ1) is 8.77. The van der Waals surface area contributed by atoms with Gasteiger partial charge in [0.1, 0.15) is 0 Å². The van der Waals surface area contributed by atoms with E-state index < -0.39 is 0 Å². The minimum atomic E-state index is 0.169. The van der Waals surface area contributed by atoms with Crippen LogP contribution in [-0.4, -0.2) is 24.9 Å². The number of amides is 2. The molecule has 18 heavy (non-hydrogen) atoms. The van der Waals surface area contributed by atoms with Gasteiger partial charge in [-0.25, -0.2) is 0 Å². The van der Waals surface area contributed by atoms with Crippen LogP contribution in [0.5, 0.6) is 0 Å². The van der Waals surface area contributed by atoms with Crippen molar-refractivity contribution in [3.8, 4) is 0 Å². The summed E-state index contributed by atoms with van der Waals surface area (Å²) < 4.78 is 0. The Morgan fingerprint density at radius 3 is 1.39 bits per heavy atom. The number of rotatable bonds is 5. The molecule has 0 atom stereocenters. The van der Waals surface area contributed by atoms with Gasteiger partial charge in [-0.1, -0.05) is 25.7 Å². The van der Waals surface area contributed by atoms with E-state index in [1.54, 1.807) is 0 Å². The van der Waals surface area contributed by atoms with Crippen molar-refractivity contribution in [1.82, 2.24) is 10.6 Å². The number of carbonyl (C=O) groups is 2. The lowest BCUT2D eigenvalue weighted by Gasteiger charge is -2.12. The minimum Gasteiger partial charge on any atom is -0.354 e. The smallest absolute Gasteiger partial charge is 0.223 e. The van der Waals surface area contributed by atoms with Crippen LogP contribution in [0.3, 0.4) is 0 Å². The fraction of sp³-hybridized carbons (Fsp3) is 0.857. The molecule has 0 bridgehead atoms. The molecule has 2 aliphatic carbocycles. The van der Waals surface area contributed by atoms with Crippen LogP contribution in [0.15, 0.2) is 0 Å². The first kappa shape index (κ1) is 13.4. The Kier molecular flexibility index (Phi) is 5.02. The third-order valence-corrected chi connectivity index (χ3v) is 4.18. The van der Waals surface area contributed by atoms with Crippen molar-refractivity contribution in [3.63, 3.8) is 0 Å². The maximum Gasteiger partial charge on any atom is 0.223 e. The molecule has 102 valence electrons. The van der Waals surface area contributed by atoms with Crippen molar-refractivity contribution in [2.45, 2.75) is 51.4 Å². The van der Waals surface area contributed by atoms with Crippen molar-refractivity contribution in [2.75, 3.05) is 13.1 Å². The van der Waals surface area contributed by atoms with Crippen molar-refractivity contribution in [2.24, 2.45) is 11.8 Å². The van der Waals surface area contributed by atoms with Gasteiger partial charge >= 0.3 is 0 Å². The van der Waals surface area contributed by atoms with E-state index in [0.29, 0.717) is 13.1 Å². The first-order valence-corrected chi connectivity index (χ1v) is 7.33. The molecule has 0 heterocycles. The van der Waals surface area contributed by atoms with Crippen LogP contribution in [0.4, 0.5) is 0 Å². The summed E-state index contributed by atoms with van der Waals surface area (Å²) in [5.74, 6) is 0.774. The lowest BCUT2D eigenvalue weighted by molar-refractivity contribution is -0.126. The van der Waals surface area contributed by atoms with Crippen molar-refractivity contribution >= 4 is 11.8 Å². The Balaban J connectivity index is 1.55. The Morgan fingerprint density at radius 2 is 1.06 bits per heavy atom. The third-order valence-electron chi connectivity index (χ3n) is 4.18. The van der Waals surface area contributed by atoms with Crippen LogP contribution < -0.4 is 10.6 Å². The van der Waals surface area contributed by atoms with Crippen molar-refractivity contribution in [1.29, 1.82) is 0 Å². The molecule has 2 rings (SSSR count). The fourth-order valence-electron chi connectivity index (χ4n) is 3.04. The Bertz CT molecular complexity index is 262. The molecule has 0 aromatic rings. The monoisotopic (exact) mass is 252 g/mol. The van der Waals surface area contributed by atoms with Crippen LogP contribution in [0.1, 0.15) is 51.4 Å². The number of nitrogens with one attached hydrogen (secondary N) is 2. The molecule has 2 aliphatic rings. The van der Waals surface area contributed by atoms with Gasteiger partial charge in [0.25, 0.3) is 0 Å². The van der Waals surface area contributed by atoms with Crippen LogP contribution in [0.2, 0.25) is 0 Å². The van der Waals surface area contributed by atoms with E-state index in [9.17, 15) is 9.59 Å². The maximum atomic E-state index is 11.7. The molecule has 2 fully saturated rings. The maximum absolute atomic E-state index is 11.7. The zero-order valence-electron chi connectivity index (χ0n) is 11.0. The highest BCUT2D eigenvalue weighted by Gasteiger charge is 2.23. The van der Waals surface area contributed by atoms with E-state index in [1.165, 1.54) is 25.7 Å². The molecular weight excluding hydrogens is 228 g/mol. The van der Waals surface area contributed by atoms with Crippen molar-refractivity contribution < 1.29 is 9.59 Å². The molecule has 4 heteroatoms. The van der Waals surface area contributed by atoms with E-state index in [0.717, 1.165) is 25.7 Å². The molecule has 2 saturated carbocycles. The minimum absolute atomic E-state index is 0.169. The quantitative estimate of drug-likeness (QED) is 0.730. The average Bonchev–Trinajstić information content (AvgIpc) is 3.05. The summed E-state index contributed by atoms with van der Waals surface area (Å²) in [6.07, 6.45) is 8.82. The van der Waals surface area contributed by atoms with E-state index in [1.807, 2.05) is 0 Å². The molecule has 4 nitrogen and oxygen atoms in total. The van der Waals surface area contributed by atoms with Crippen LogP contribution in [0, 0.1) is 11.8 Å². The molecule has 0 radical (unpaired) electrons. The van der Waals surface area contributed by atoms with Gasteiger partial charge in [-0.05, 0) is 25.7 Å². The number of carbonyl (C=O) groups excluding carboxylic acids is 2. The summed E-state index contributed by atoms with van der Waals surface area (Å²) in [6.45, 7) is 1.13. The summed E-state index contributed by atoms with van der Waals surface area (Å²) in [7, 11) is 0. The van der Waals surface area contributed by atoms with Crippen molar-refractivity contribution in [3.05, 3.63) is 0 Å². The lowest BCUT2D eigenvalue weighted by atomic mass is 10.1. The lowest BCUT2D eigenvalue weighted by Crippen LogP contribution is -2.38. The normalized spacial score (nSPS) is 21.1. The van der Waals surface area contributed by atoms with Gasteiger partial charge in [0.2, 0.25) is 11.8 Å². The Labute approximate surface area is 109 Å². The molecule has 0 saturated heterocycles. The number of hydrogen-bond donors (Lipinski definition) is 2. The predicted molar refractivity (Wildman–Crippen MR) is 69.9 cm³/mol. The summed E-state index contributed by atoms with van der Waals surface area (Å²) in [5.41, 5.74) is 0. The molecule has 0 unspecified atom stereocenters. The zero-order chi connectivity index (χ0) is 12.8. The van der Waals surface area contributed by atoms with Gasteiger partial charge in [-0.2, -0.15) is 0 Å². The van der Waals surface area contributed by atoms with E-state index in [-0.39, 0.29) is 23.7 Å². The molecule has 2 amide bonds. The highest BCUT2D eigenvalue weighted by Crippen LogP contribution is 2.25. The fourth-order valence-corrected chi connectivity index (χ4v) is 3.04. The van der Waals surface area contributed by atoms with Gasteiger partial charge in [-0.3, -0.25) is 9.59 Å². The van der Waals surface area contributed by atoms with Gasteiger partial charge in [0.05, 0.1) is 0 Å². The second kappa shape index (κ2) is 6.76. The summed E-state index contributed by atoms with van der Waals surface area (Å²) >= 11 is 0. The second-order valence-corrected chi connectivity index (χ2v) is 5.54. The largest absolute Gasteiger partial charge is 0.354 e. The molecule has 0 aliphatic heterocycles. The average molecular weight is 252 g/mol. The van der Waals surface area contributed by atoms with Gasteiger partial charge in [0.15, 0.2) is 0 Å². The molecule has 0 aromatic heterocycles. The SMILES string of the molecule is O=C(NCCNC(=O)C1CCCC1)C1CCCC1. The zero-order valence-corrected chi connectivity index (χ0v) is 11.0. The molecule has 0 aromatic carbocycles.